The number of carbonyl (C=O) groups is 2. The summed E-state index contributed by atoms with van der Waals surface area (Å²) in [4.78, 5) is 24.5. The van der Waals surface area contributed by atoms with E-state index in [1.165, 1.54) is 5.57 Å². The summed E-state index contributed by atoms with van der Waals surface area (Å²) in [6.45, 7) is 8.43. The number of amides is 1. The minimum absolute atomic E-state index is 0.00812. The fourth-order valence-corrected chi connectivity index (χ4v) is 5.23. The van der Waals surface area contributed by atoms with Crippen LogP contribution in [0, 0.1) is 29.6 Å². The molecule has 0 aromatic rings. The lowest BCUT2D eigenvalue weighted by atomic mass is 9.65. The minimum Gasteiger partial charge on any atom is -0.461 e. The predicted molar refractivity (Wildman–Crippen MR) is 131 cm³/mol. The Balaban J connectivity index is 2.12. The number of ether oxygens (including phenoxy) is 3. The van der Waals surface area contributed by atoms with Gasteiger partial charge in [-0.25, -0.2) is 0 Å². The topological polar surface area (TPSA) is 73.9 Å². The third kappa shape index (κ3) is 7.68. The Hall–Kier alpha value is -1.66. The van der Waals surface area contributed by atoms with Gasteiger partial charge in [-0.2, -0.15) is 0 Å². The number of esters is 1. The largest absolute Gasteiger partial charge is 0.461 e. The molecular weight excluding hydrogens is 418 g/mol. The third-order valence-corrected chi connectivity index (χ3v) is 7.58. The van der Waals surface area contributed by atoms with Crippen LogP contribution in [0.5, 0.6) is 0 Å². The van der Waals surface area contributed by atoms with Crippen LogP contribution in [0.3, 0.4) is 0 Å². The highest BCUT2D eigenvalue weighted by molar-refractivity contribution is 5.76. The van der Waals surface area contributed by atoms with Crippen molar-refractivity contribution in [1.29, 1.82) is 0 Å². The zero-order chi connectivity index (χ0) is 24.5. The van der Waals surface area contributed by atoms with Gasteiger partial charge >= 0.3 is 5.97 Å². The Bertz CT molecular complexity index is 703. The maximum atomic E-state index is 12.7. The zero-order valence-electron chi connectivity index (χ0n) is 21.6. The van der Waals surface area contributed by atoms with Crippen LogP contribution in [0.4, 0.5) is 0 Å². The molecule has 2 rings (SSSR count). The van der Waals surface area contributed by atoms with Crippen molar-refractivity contribution in [3.63, 3.8) is 0 Å². The molecule has 0 bridgehead atoms. The van der Waals surface area contributed by atoms with E-state index in [1.54, 1.807) is 21.3 Å². The van der Waals surface area contributed by atoms with E-state index >= 15 is 0 Å². The van der Waals surface area contributed by atoms with E-state index in [0.717, 1.165) is 25.7 Å². The number of fused-ring (bicyclic) bond motifs is 1. The second-order valence-electron chi connectivity index (χ2n) is 9.98. The number of nitrogens with one attached hydrogen (secondary N) is 1. The van der Waals surface area contributed by atoms with Gasteiger partial charge in [0.2, 0.25) is 5.91 Å². The molecule has 1 N–H and O–H groups in total. The van der Waals surface area contributed by atoms with Gasteiger partial charge in [-0.1, -0.05) is 45.9 Å². The molecule has 0 saturated heterocycles. The SMILES string of the molecule is CCC(C)C(=O)OC1C[C@@H](C)C=C2C=CC(C)[C@H](CCC(CC(CC(=O)NC)OC)OC)C21. The standard InChI is InChI=1S/C27H45NO5/c1-8-18(3)27(30)33-24-14-17(2)13-20-10-9-19(4)23(26(20)24)12-11-21(31-6)15-22(32-7)16-25(29)28-5/h9-10,13,17-19,21-24,26H,8,11-12,14-16H2,1-7H3,(H,28,29)/t17-,18?,19?,21?,22?,23-,24?,26?/m0/s1. The molecule has 1 amide bonds. The summed E-state index contributed by atoms with van der Waals surface area (Å²) in [7, 11) is 5.01. The van der Waals surface area contributed by atoms with Gasteiger partial charge in [-0.05, 0) is 49.0 Å². The molecule has 188 valence electrons. The summed E-state index contributed by atoms with van der Waals surface area (Å²) < 4.78 is 17.5. The van der Waals surface area contributed by atoms with Gasteiger partial charge in [0.1, 0.15) is 6.10 Å². The summed E-state index contributed by atoms with van der Waals surface area (Å²) in [5, 5.41) is 2.66. The molecule has 6 heteroatoms. The van der Waals surface area contributed by atoms with Crippen molar-refractivity contribution in [2.24, 2.45) is 29.6 Å². The Morgan fingerprint density at radius 3 is 2.48 bits per heavy atom. The predicted octanol–water partition coefficient (Wildman–Crippen LogP) is 4.69. The summed E-state index contributed by atoms with van der Waals surface area (Å²) in [6, 6.07) is 0. The molecule has 0 heterocycles. The first-order valence-corrected chi connectivity index (χ1v) is 12.6. The molecule has 0 aromatic carbocycles. The molecule has 2 aliphatic carbocycles. The van der Waals surface area contributed by atoms with Crippen molar-refractivity contribution in [2.45, 2.75) is 84.5 Å². The molecule has 6 unspecified atom stereocenters. The summed E-state index contributed by atoms with van der Waals surface area (Å²) in [6.07, 6.45) is 11.2. The average Bonchev–Trinajstić information content (AvgIpc) is 2.80. The molecule has 0 saturated carbocycles. The van der Waals surface area contributed by atoms with Crippen LogP contribution in [-0.2, 0) is 23.8 Å². The van der Waals surface area contributed by atoms with Crippen LogP contribution >= 0.6 is 0 Å². The lowest BCUT2D eigenvalue weighted by Gasteiger charge is -2.43. The first-order chi connectivity index (χ1) is 15.7. The monoisotopic (exact) mass is 463 g/mol. The minimum atomic E-state index is -0.172. The highest BCUT2D eigenvalue weighted by Gasteiger charge is 2.41. The van der Waals surface area contributed by atoms with Gasteiger partial charge in [0, 0.05) is 33.6 Å². The maximum absolute atomic E-state index is 12.7. The summed E-state index contributed by atoms with van der Waals surface area (Å²) in [5.41, 5.74) is 1.31. The normalized spacial score (nSPS) is 29.4. The van der Waals surface area contributed by atoms with Crippen molar-refractivity contribution in [2.75, 3.05) is 21.3 Å². The first-order valence-electron chi connectivity index (χ1n) is 12.6. The van der Waals surface area contributed by atoms with Gasteiger partial charge in [-0.15, -0.1) is 0 Å². The van der Waals surface area contributed by atoms with Crippen LogP contribution < -0.4 is 5.32 Å². The molecule has 0 aromatic heterocycles. The van der Waals surface area contributed by atoms with E-state index in [-0.39, 0.29) is 42.0 Å². The van der Waals surface area contributed by atoms with Crippen LogP contribution in [0.2, 0.25) is 0 Å². The van der Waals surface area contributed by atoms with E-state index in [1.807, 2.05) is 13.8 Å². The molecule has 0 aliphatic heterocycles. The molecule has 2 aliphatic rings. The second kappa shape index (κ2) is 13.3. The van der Waals surface area contributed by atoms with Crippen LogP contribution in [0.15, 0.2) is 23.8 Å². The number of carbonyl (C=O) groups excluding carboxylic acids is 2. The van der Waals surface area contributed by atoms with E-state index in [9.17, 15) is 9.59 Å². The Labute approximate surface area is 200 Å². The highest BCUT2D eigenvalue weighted by atomic mass is 16.5. The van der Waals surface area contributed by atoms with E-state index in [2.05, 4.69) is 37.4 Å². The van der Waals surface area contributed by atoms with Crippen LogP contribution in [-0.4, -0.2) is 51.5 Å². The van der Waals surface area contributed by atoms with E-state index < -0.39 is 0 Å². The fourth-order valence-electron chi connectivity index (χ4n) is 5.23. The number of allylic oxidation sites excluding steroid dienone is 3. The fraction of sp³-hybridized carbons (Fsp3) is 0.778. The van der Waals surface area contributed by atoms with Crippen molar-refractivity contribution >= 4 is 11.9 Å². The summed E-state index contributed by atoms with van der Waals surface area (Å²) in [5.74, 6) is 1.20. The quantitative estimate of drug-likeness (QED) is 0.425. The van der Waals surface area contributed by atoms with Crippen LogP contribution in [0.25, 0.3) is 0 Å². The van der Waals surface area contributed by atoms with Gasteiger partial charge < -0.3 is 19.5 Å². The smallest absolute Gasteiger partial charge is 0.308 e. The molecule has 0 radical (unpaired) electrons. The Morgan fingerprint density at radius 2 is 1.88 bits per heavy atom. The molecule has 6 nitrogen and oxygen atoms in total. The number of rotatable bonds is 12. The Kier molecular flexibility index (Phi) is 11.1. The number of hydrogen-bond donors (Lipinski definition) is 1. The zero-order valence-corrected chi connectivity index (χ0v) is 21.6. The van der Waals surface area contributed by atoms with Gasteiger partial charge in [-0.3, -0.25) is 9.59 Å². The van der Waals surface area contributed by atoms with Gasteiger partial charge in [0.15, 0.2) is 0 Å². The lowest BCUT2D eigenvalue weighted by Crippen LogP contribution is -2.41. The second-order valence-corrected chi connectivity index (χ2v) is 9.98. The highest BCUT2D eigenvalue weighted by Crippen LogP contribution is 2.45. The molecule has 8 atom stereocenters. The third-order valence-electron chi connectivity index (χ3n) is 7.58. The van der Waals surface area contributed by atoms with Gasteiger partial charge in [0.05, 0.1) is 24.5 Å². The van der Waals surface area contributed by atoms with Gasteiger partial charge in [0.25, 0.3) is 0 Å². The first kappa shape index (κ1) is 27.6. The number of methoxy groups -OCH3 is 2. The number of hydrogen-bond acceptors (Lipinski definition) is 5. The van der Waals surface area contributed by atoms with Crippen molar-refractivity contribution in [1.82, 2.24) is 5.32 Å². The van der Waals surface area contributed by atoms with E-state index in [0.29, 0.717) is 30.6 Å². The Morgan fingerprint density at radius 1 is 1.18 bits per heavy atom. The molecule has 0 spiro atoms. The van der Waals surface area contributed by atoms with Crippen LogP contribution in [0.1, 0.15) is 66.2 Å². The van der Waals surface area contributed by atoms with Crippen molar-refractivity contribution in [3.05, 3.63) is 23.8 Å². The molecule has 0 fully saturated rings. The molecule has 33 heavy (non-hydrogen) atoms. The summed E-state index contributed by atoms with van der Waals surface area (Å²) >= 11 is 0. The van der Waals surface area contributed by atoms with E-state index in [4.69, 9.17) is 14.2 Å². The maximum Gasteiger partial charge on any atom is 0.308 e. The van der Waals surface area contributed by atoms with Crippen molar-refractivity contribution in [3.8, 4) is 0 Å². The molecular formula is C27H45NO5. The van der Waals surface area contributed by atoms with Crippen molar-refractivity contribution < 1.29 is 23.8 Å². The average molecular weight is 464 g/mol. The lowest BCUT2D eigenvalue weighted by molar-refractivity contribution is -0.158.